The first-order valence-electron chi connectivity index (χ1n) is 16.8. The van der Waals surface area contributed by atoms with Crippen LogP contribution in [0.2, 0.25) is 0 Å². The zero-order valence-electron chi connectivity index (χ0n) is 26.4. The molecule has 0 radical (unpaired) electrons. The first-order chi connectivity index (χ1) is 20.4. The van der Waals surface area contributed by atoms with Crippen LogP contribution in [0.1, 0.15) is 85.5 Å². The minimum Gasteiger partial charge on any atom is -0.449 e. The van der Waals surface area contributed by atoms with E-state index in [4.69, 9.17) is 4.74 Å². The lowest BCUT2D eigenvalue weighted by molar-refractivity contribution is -0.203. The SMILES string of the molecule is CC[C@H]1[C@@H](O)[C@@H]2[C@H](CC[C@]3(C)[C@@H]([C@H](C)COC(=O)NS(=O)(=O)c4ccc(N5CCC5)cc4)CC[C@@H]23)[C@@]2(C)CC[C@@H](O)C[C@@H]12. The molecule has 11 atom stereocenters. The average Bonchev–Trinajstić information content (AvgIpc) is 3.29. The summed E-state index contributed by atoms with van der Waals surface area (Å²) >= 11 is 0. The Kier molecular flexibility index (Phi) is 8.34. The van der Waals surface area contributed by atoms with Gasteiger partial charge in [0.2, 0.25) is 0 Å². The van der Waals surface area contributed by atoms with Gasteiger partial charge in [-0.1, -0.05) is 34.1 Å². The van der Waals surface area contributed by atoms with Crippen molar-refractivity contribution >= 4 is 21.8 Å². The molecular formula is C34H52N2O6S. The summed E-state index contributed by atoms with van der Waals surface area (Å²) in [7, 11) is -4.02. The second-order valence-corrected chi connectivity index (χ2v) is 16.8. The molecule has 0 bridgehead atoms. The molecule has 4 aliphatic carbocycles. The van der Waals surface area contributed by atoms with Crippen molar-refractivity contribution in [3.05, 3.63) is 24.3 Å². The number of carbonyl (C=O) groups excluding carboxylic acids is 1. The monoisotopic (exact) mass is 616 g/mol. The van der Waals surface area contributed by atoms with Gasteiger partial charge in [-0.25, -0.2) is 17.9 Å². The van der Waals surface area contributed by atoms with E-state index in [2.05, 4.69) is 37.3 Å². The molecule has 1 aromatic carbocycles. The van der Waals surface area contributed by atoms with Crippen LogP contribution in [0, 0.1) is 52.3 Å². The molecule has 3 N–H and O–H groups in total. The van der Waals surface area contributed by atoms with Crippen molar-refractivity contribution in [2.75, 3.05) is 24.6 Å². The van der Waals surface area contributed by atoms with E-state index in [1.165, 1.54) is 12.1 Å². The number of nitrogens with zero attached hydrogens (tertiary/aromatic N) is 1. The van der Waals surface area contributed by atoms with E-state index in [9.17, 15) is 23.4 Å². The molecule has 1 heterocycles. The maximum atomic E-state index is 12.8. The number of carbonyl (C=O) groups is 1. The quantitative estimate of drug-likeness (QED) is 0.367. The van der Waals surface area contributed by atoms with Gasteiger partial charge in [-0.3, -0.25) is 0 Å². The van der Waals surface area contributed by atoms with Gasteiger partial charge in [-0.05, 0) is 128 Å². The third-order valence-corrected chi connectivity index (χ3v) is 14.5. The number of fused-ring (bicyclic) bond motifs is 5. The third-order valence-electron chi connectivity index (χ3n) is 13.2. The van der Waals surface area contributed by atoms with Crippen LogP contribution in [0.25, 0.3) is 0 Å². The zero-order valence-corrected chi connectivity index (χ0v) is 27.2. The van der Waals surface area contributed by atoms with Crippen molar-refractivity contribution in [3.8, 4) is 0 Å². The first kappa shape index (κ1) is 31.2. The normalized spacial score (nSPS) is 41.3. The summed E-state index contributed by atoms with van der Waals surface area (Å²) in [5.41, 5.74) is 1.19. The highest BCUT2D eigenvalue weighted by molar-refractivity contribution is 7.90. The Morgan fingerprint density at radius 3 is 2.35 bits per heavy atom. The van der Waals surface area contributed by atoms with Crippen LogP contribution in [-0.2, 0) is 14.8 Å². The summed E-state index contributed by atoms with van der Waals surface area (Å²) in [4.78, 5) is 14.9. The lowest BCUT2D eigenvalue weighted by atomic mass is 9.41. The molecule has 43 heavy (non-hydrogen) atoms. The smallest absolute Gasteiger partial charge is 0.421 e. The molecule has 0 spiro atoms. The molecule has 6 rings (SSSR count). The topological polar surface area (TPSA) is 116 Å². The van der Waals surface area contributed by atoms with Crippen LogP contribution >= 0.6 is 0 Å². The molecule has 5 fully saturated rings. The molecule has 240 valence electrons. The van der Waals surface area contributed by atoms with E-state index in [0.717, 1.165) is 76.6 Å². The molecule has 1 aromatic rings. The summed E-state index contributed by atoms with van der Waals surface area (Å²) in [6, 6.07) is 6.61. The molecule has 5 aliphatic rings. The number of ether oxygens (including phenoxy) is 1. The Hall–Kier alpha value is -1.84. The molecule has 1 amide bonds. The van der Waals surface area contributed by atoms with Gasteiger partial charge >= 0.3 is 6.09 Å². The second kappa shape index (κ2) is 11.5. The van der Waals surface area contributed by atoms with Crippen LogP contribution in [0.4, 0.5) is 10.5 Å². The maximum absolute atomic E-state index is 12.8. The maximum Gasteiger partial charge on any atom is 0.421 e. The largest absolute Gasteiger partial charge is 0.449 e. The van der Waals surface area contributed by atoms with Crippen LogP contribution in [0.15, 0.2) is 29.2 Å². The van der Waals surface area contributed by atoms with Crippen molar-refractivity contribution in [2.24, 2.45) is 52.3 Å². The predicted molar refractivity (Wildman–Crippen MR) is 166 cm³/mol. The Bertz CT molecular complexity index is 1280. The summed E-state index contributed by atoms with van der Waals surface area (Å²) in [5.74, 6) is 2.16. The number of anilines is 1. The number of amides is 1. The number of aliphatic hydroxyl groups is 2. The van der Waals surface area contributed by atoms with Crippen molar-refractivity contribution in [1.29, 1.82) is 0 Å². The van der Waals surface area contributed by atoms with Crippen LogP contribution in [0.3, 0.4) is 0 Å². The molecule has 0 aromatic heterocycles. The van der Waals surface area contributed by atoms with Crippen molar-refractivity contribution in [3.63, 3.8) is 0 Å². The summed E-state index contributed by atoms with van der Waals surface area (Å²) < 4.78 is 33.3. The fraction of sp³-hybridized carbons (Fsp3) is 0.794. The highest BCUT2D eigenvalue weighted by atomic mass is 32.2. The molecule has 0 unspecified atom stereocenters. The van der Waals surface area contributed by atoms with E-state index in [1.54, 1.807) is 12.1 Å². The van der Waals surface area contributed by atoms with Crippen LogP contribution in [0.5, 0.6) is 0 Å². The Labute approximate surface area is 258 Å². The van der Waals surface area contributed by atoms with Gasteiger partial charge < -0.3 is 19.8 Å². The summed E-state index contributed by atoms with van der Waals surface area (Å²) in [6.07, 6.45) is 7.56. The Balaban J connectivity index is 1.09. The van der Waals surface area contributed by atoms with E-state index in [-0.39, 0.29) is 52.3 Å². The van der Waals surface area contributed by atoms with Crippen LogP contribution < -0.4 is 9.62 Å². The second-order valence-electron chi connectivity index (χ2n) is 15.1. The van der Waals surface area contributed by atoms with Crippen molar-refractivity contribution in [2.45, 2.75) is 103 Å². The molecule has 9 heteroatoms. The highest BCUT2D eigenvalue weighted by Gasteiger charge is 2.65. The number of rotatable bonds is 7. The number of aliphatic hydroxyl groups excluding tert-OH is 2. The van der Waals surface area contributed by atoms with Gasteiger partial charge in [0.25, 0.3) is 10.0 Å². The number of hydrogen-bond donors (Lipinski definition) is 3. The lowest BCUT2D eigenvalue weighted by Gasteiger charge is -2.64. The molecular weight excluding hydrogens is 564 g/mol. The zero-order chi connectivity index (χ0) is 30.7. The summed E-state index contributed by atoms with van der Waals surface area (Å²) in [5, 5.41) is 22.4. The average molecular weight is 617 g/mol. The van der Waals surface area contributed by atoms with Gasteiger partial charge in [-0.15, -0.1) is 0 Å². The number of benzene rings is 1. The number of nitrogens with one attached hydrogen (secondary N) is 1. The third kappa shape index (κ3) is 5.29. The minimum atomic E-state index is -4.02. The standard InChI is InChI=1S/C34H52N2O6S/c1-5-25-29-19-23(37)13-15-34(29,4)28-14-16-33(3)26(11-12-27(33)30(28)31(25)38)21(2)20-42-32(39)35-43(40,41)24-9-7-22(8-10-24)36-17-6-18-36/h7-10,21,23,25-31,37-38H,5-6,11-20H2,1-4H3,(H,35,39)/t21-,23-,25-,26-,27+,28+,29+,30+,31-,33-,34-/m1/s1. The van der Waals surface area contributed by atoms with E-state index >= 15 is 0 Å². The van der Waals surface area contributed by atoms with Gasteiger partial charge in [0.1, 0.15) is 0 Å². The summed E-state index contributed by atoms with van der Waals surface area (Å²) in [6.45, 7) is 11.3. The van der Waals surface area contributed by atoms with E-state index in [0.29, 0.717) is 23.7 Å². The first-order valence-corrected chi connectivity index (χ1v) is 18.3. The number of hydrogen-bond acceptors (Lipinski definition) is 7. The van der Waals surface area contributed by atoms with E-state index < -0.39 is 16.1 Å². The fourth-order valence-corrected chi connectivity index (χ4v) is 11.8. The Morgan fingerprint density at radius 1 is 1.02 bits per heavy atom. The Morgan fingerprint density at radius 2 is 1.70 bits per heavy atom. The van der Waals surface area contributed by atoms with Gasteiger partial charge in [0.15, 0.2) is 0 Å². The fourth-order valence-electron chi connectivity index (χ4n) is 10.9. The van der Waals surface area contributed by atoms with Gasteiger partial charge in [-0.2, -0.15) is 0 Å². The van der Waals surface area contributed by atoms with Crippen LogP contribution in [-0.4, -0.2) is 56.6 Å². The molecule has 4 saturated carbocycles. The van der Waals surface area contributed by atoms with Gasteiger partial charge in [0.05, 0.1) is 23.7 Å². The van der Waals surface area contributed by atoms with E-state index in [1.807, 2.05) is 0 Å². The molecule has 1 saturated heterocycles. The predicted octanol–water partition coefficient (Wildman–Crippen LogP) is 5.57. The van der Waals surface area contributed by atoms with Gasteiger partial charge in [0, 0.05) is 18.8 Å². The minimum absolute atomic E-state index is 0.0430. The molecule has 1 aliphatic heterocycles. The molecule has 8 nitrogen and oxygen atoms in total. The lowest BCUT2D eigenvalue weighted by Crippen LogP contribution is -2.62. The van der Waals surface area contributed by atoms with Crippen molar-refractivity contribution < 1.29 is 28.2 Å². The van der Waals surface area contributed by atoms with Crippen molar-refractivity contribution in [1.82, 2.24) is 4.72 Å². The number of sulfonamides is 1. The highest BCUT2D eigenvalue weighted by Crippen LogP contribution is 2.69.